The van der Waals surface area contributed by atoms with Crippen molar-refractivity contribution in [2.75, 3.05) is 31.0 Å². The second kappa shape index (κ2) is 8.21. The minimum absolute atomic E-state index is 0.0604. The maximum Gasteiger partial charge on any atom is 0.337 e. The number of methoxy groups -OCH3 is 2. The summed E-state index contributed by atoms with van der Waals surface area (Å²) < 4.78 is 10.2. The van der Waals surface area contributed by atoms with Crippen molar-refractivity contribution < 1.29 is 24.2 Å². The average Bonchev–Trinajstić information content (AvgIpc) is 2.46. The van der Waals surface area contributed by atoms with Crippen LogP contribution in [-0.4, -0.2) is 42.7 Å². The normalized spacial score (nSPS) is 9.81. The van der Waals surface area contributed by atoms with Crippen LogP contribution in [0.1, 0.15) is 10.4 Å². The quantitative estimate of drug-likeness (QED) is 0.566. The van der Waals surface area contributed by atoms with Gasteiger partial charge in [-0.25, -0.2) is 4.79 Å². The first kappa shape index (κ1) is 16.9. The summed E-state index contributed by atoms with van der Waals surface area (Å²) in [7, 11) is 2.84. The summed E-state index contributed by atoms with van der Waals surface area (Å²) >= 11 is 1.38. The lowest BCUT2D eigenvalue weighted by molar-refractivity contribution is -0.113. The van der Waals surface area contributed by atoms with Gasteiger partial charge < -0.3 is 19.9 Å². The lowest BCUT2D eigenvalue weighted by atomic mass is 10.1. The molecule has 0 atom stereocenters. The smallest absolute Gasteiger partial charge is 0.337 e. The molecule has 1 aromatic carbocycles. The molecule has 114 valence electrons. The molecule has 21 heavy (non-hydrogen) atoms. The van der Waals surface area contributed by atoms with Gasteiger partial charge in [-0.05, 0) is 0 Å². The fourth-order valence-corrected chi connectivity index (χ4v) is 2.12. The molecule has 0 heterocycles. The van der Waals surface area contributed by atoms with Crippen LogP contribution in [-0.2, 0) is 4.79 Å². The highest BCUT2D eigenvalue weighted by Crippen LogP contribution is 2.33. The van der Waals surface area contributed by atoms with Crippen LogP contribution in [0.4, 0.5) is 5.69 Å². The fraction of sp³-hybridized carbons (Fsp3) is 0.286. The van der Waals surface area contributed by atoms with Crippen LogP contribution in [0, 0.1) is 0 Å². The summed E-state index contributed by atoms with van der Waals surface area (Å²) in [5.41, 5.74) is 0.110. The molecule has 0 saturated heterocycles. The van der Waals surface area contributed by atoms with Gasteiger partial charge in [0, 0.05) is 17.9 Å². The van der Waals surface area contributed by atoms with Crippen molar-refractivity contribution in [1.29, 1.82) is 0 Å². The molecule has 0 aliphatic carbocycles. The summed E-state index contributed by atoms with van der Waals surface area (Å²) in [5.74, 6) is 0.0249. The van der Waals surface area contributed by atoms with Gasteiger partial charge >= 0.3 is 5.97 Å². The standard InChI is InChI=1S/C14H17NO5S/c1-4-5-21-8-13(16)15-10-7-12(20-3)11(19-2)6-9(10)14(17)18/h4,6-7H,1,5,8H2,2-3H3,(H,15,16)(H,17,18). The number of hydrogen-bond acceptors (Lipinski definition) is 5. The van der Waals surface area contributed by atoms with E-state index in [0.717, 1.165) is 0 Å². The second-order valence-corrected chi connectivity index (χ2v) is 4.94. The number of ether oxygens (including phenoxy) is 2. The van der Waals surface area contributed by atoms with E-state index in [2.05, 4.69) is 11.9 Å². The molecule has 0 fully saturated rings. The van der Waals surface area contributed by atoms with Crippen molar-refractivity contribution in [2.45, 2.75) is 0 Å². The van der Waals surface area contributed by atoms with Crippen LogP contribution in [0.15, 0.2) is 24.8 Å². The molecular weight excluding hydrogens is 294 g/mol. The SMILES string of the molecule is C=CCSCC(=O)Nc1cc(OC)c(OC)cc1C(=O)O. The predicted molar refractivity (Wildman–Crippen MR) is 82.7 cm³/mol. The van der Waals surface area contributed by atoms with Crippen molar-refractivity contribution >= 4 is 29.3 Å². The third-order valence-corrected chi connectivity index (χ3v) is 3.43. The van der Waals surface area contributed by atoms with Crippen LogP contribution < -0.4 is 14.8 Å². The van der Waals surface area contributed by atoms with Crippen LogP contribution in [0.2, 0.25) is 0 Å². The van der Waals surface area contributed by atoms with E-state index in [4.69, 9.17) is 9.47 Å². The molecule has 7 heteroatoms. The lowest BCUT2D eigenvalue weighted by Crippen LogP contribution is -2.17. The van der Waals surface area contributed by atoms with E-state index in [1.54, 1.807) is 6.08 Å². The molecule has 0 radical (unpaired) electrons. The second-order valence-electron chi connectivity index (χ2n) is 3.91. The highest BCUT2D eigenvalue weighted by molar-refractivity contribution is 8.00. The Hall–Kier alpha value is -2.15. The Morgan fingerprint density at radius 2 is 1.95 bits per heavy atom. The number of carbonyl (C=O) groups excluding carboxylic acids is 1. The highest BCUT2D eigenvalue weighted by atomic mass is 32.2. The molecule has 0 bridgehead atoms. The van der Waals surface area contributed by atoms with E-state index in [-0.39, 0.29) is 28.7 Å². The van der Waals surface area contributed by atoms with Crippen LogP contribution >= 0.6 is 11.8 Å². The number of aromatic carboxylic acids is 1. The lowest BCUT2D eigenvalue weighted by Gasteiger charge is -2.13. The minimum Gasteiger partial charge on any atom is -0.493 e. The van der Waals surface area contributed by atoms with Crippen LogP contribution in [0.3, 0.4) is 0 Å². The van der Waals surface area contributed by atoms with Gasteiger partial charge in [-0.2, -0.15) is 0 Å². The van der Waals surface area contributed by atoms with Crippen molar-refractivity contribution in [1.82, 2.24) is 0 Å². The molecule has 6 nitrogen and oxygen atoms in total. The van der Waals surface area contributed by atoms with Crippen molar-refractivity contribution in [3.8, 4) is 11.5 Å². The molecule has 0 aromatic heterocycles. The largest absolute Gasteiger partial charge is 0.493 e. The highest BCUT2D eigenvalue weighted by Gasteiger charge is 2.17. The zero-order chi connectivity index (χ0) is 15.8. The molecule has 1 amide bonds. The summed E-state index contributed by atoms with van der Waals surface area (Å²) in [6, 6.07) is 2.74. The predicted octanol–water partition coefficient (Wildman–Crippen LogP) is 2.26. The zero-order valence-electron chi connectivity index (χ0n) is 11.8. The number of hydrogen-bond donors (Lipinski definition) is 2. The third-order valence-electron chi connectivity index (χ3n) is 2.50. The molecule has 0 aliphatic heterocycles. The first-order valence-electron chi connectivity index (χ1n) is 6.01. The van der Waals surface area contributed by atoms with E-state index in [1.165, 1.54) is 38.1 Å². The topological polar surface area (TPSA) is 84.9 Å². The number of carboxylic acids is 1. The Balaban J connectivity index is 3.01. The van der Waals surface area contributed by atoms with Crippen LogP contribution in [0.25, 0.3) is 0 Å². The molecule has 0 unspecified atom stereocenters. The number of benzene rings is 1. The van der Waals surface area contributed by atoms with E-state index in [0.29, 0.717) is 11.5 Å². The number of thioether (sulfide) groups is 1. The molecule has 2 N–H and O–H groups in total. The van der Waals surface area contributed by atoms with Gasteiger partial charge in [0.1, 0.15) is 0 Å². The number of nitrogens with one attached hydrogen (secondary N) is 1. The number of anilines is 1. The Labute approximate surface area is 127 Å². The van der Waals surface area contributed by atoms with Crippen molar-refractivity contribution in [3.05, 3.63) is 30.4 Å². The summed E-state index contributed by atoms with van der Waals surface area (Å²) in [6.45, 7) is 3.56. The van der Waals surface area contributed by atoms with Gasteiger partial charge in [-0.15, -0.1) is 18.3 Å². The summed E-state index contributed by atoms with van der Waals surface area (Å²) in [5, 5.41) is 11.8. The molecule has 1 rings (SSSR count). The number of amides is 1. The Morgan fingerprint density at radius 3 is 2.48 bits per heavy atom. The molecule has 0 aliphatic rings. The zero-order valence-corrected chi connectivity index (χ0v) is 12.7. The van der Waals surface area contributed by atoms with E-state index in [9.17, 15) is 14.7 Å². The fourth-order valence-electron chi connectivity index (χ4n) is 1.58. The van der Waals surface area contributed by atoms with E-state index < -0.39 is 5.97 Å². The monoisotopic (exact) mass is 311 g/mol. The van der Waals surface area contributed by atoms with Crippen LogP contribution in [0.5, 0.6) is 11.5 Å². The van der Waals surface area contributed by atoms with Gasteiger partial charge in [-0.3, -0.25) is 4.79 Å². The van der Waals surface area contributed by atoms with Gasteiger partial charge in [0.15, 0.2) is 11.5 Å². The number of carbonyl (C=O) groups is 2. The molecular formula is C14H17NO5S. The van der Waals surface area contributed by atoms with Crippen molar-refractivity contribution in [3.63, 3.8) is 0 Å². The number of rotatable bonds is 8. The Morgan fingerprint density at radius 1 is 1.33 bits per heavy atom. The minimum atomic E-state index is -1.16. The molecule has 1 aromatic rings. The Kier molecular flexibility index (Phi) is 6.61. The first-order chi connectivity index (χ1) is 10.0. The summed E-state index contributed by atoms with van der Waals surface area (Å²) in [4.78, 5) is 23.1. The first-order valence-corrected chi connectivity index (χ1v) is 7.16. The summed E-state index contributed by atoms with van der Waals surface area (Å²) in [6.07, 6.45) is 1.69. The molecule has 0 spiro atoms. The van der Waals surface area contributed by atoms with E-state index in [1.807, 2.05) is 0 Å². The molecule has 0 saturated carbocycles. The van der Waals surface area contributed by atoms with Gasteiger partial charge in [-0.1, -0.05) is 6.08 Å². The van der Waals surface area contributed by atoms with Gasteiger partial charge in [0.2, 0.25) is 5.91 Å². The van der Waals surface area contributed by atoms with Gasteiger partial charge in [0.25, 0.3) is 0 Å². The maximum atomic E-state index is 11.8. The third kappa shape index (κ3) is 4.71. The van der Waals surface area contributed by atoms with Gasteiger partial charge in [0.05, 0.1) is 31.2 Å². The van der Waals surface area contributed by atoms with Crippen molar-refractivity contribution in [2.24, 2.45) is 0 Å². The maximum absolute atomic E-state index is 11.8. The number of carboxylic acid groups (broad SMARTS) is 1. The average molecular weight is 311 g/mol. The van der Waals surface area contributed by atoms with E-state index >= 15 is 0 Å². The Bertz CT molecular complexity index is 544.